The van der Waals surface area contributed by atoms with Crippen molar-refractivity contribution >= 4 is 5.78 Å². The van der Waals surface area contributed by atoms with Gasteiger partial charge in [0.05, 0.1) is 18.2 Å². The number of Topliss-reactive ketones (excluding diaryl/α,β-unsaturated/α-hetero) is 1. The van der Waals surface area contributed by atoms with Crippen LogP contribution in [0.1, 0.15) is 62.1 Å². The molecule has 134 valence electrons. The van der Waals surface area contributed by atoms with Gasteiger partial charge in [-0.05, 0) is 42.7 Å². The average Bonchev–Trinajstić information content (AvgIpc) is 3.03. The van der Waals surface area contributed by atoms with Crippen molar-refractivity contribution in [2.24, 2.45) is 17.8 Å². The zero-order valence-electron chi connectivity index (χ0n) is 15.2. The lowest BCUT2D eigenvalue weighted by Crippen LogP contribution is -2.30. The molecule has 0 amide bonds. The number of rotatable bonds is 5. The lowest BCUT2D eigenvalue weighted by Gasteiger charge is -2.37. The fourth-order valence-electron chi connectivity index (χ4n) is 3.94. The Morgan fingerprint density at radius 1 is 1.36 bits per heavy atom. The Hall–Kier alpha value is -2.04. The van der Waals surface area contributed by atoms with Crippen LogP contribution < -0.4 is 0 Å². The number of carbonyl (C=O) groups excluding carboxylic acids is 1. The SMILES string of the molecule is CC(C)[C@@H]1CC[C@@H](C)C[C@H]1n1cc(CC(=O)c2cccc(F)c2)nn1. The number of nitrogens with zero attached hydrogens (tertiary/aromatic N) is 3. The Balaban J connectivity index is 1.74. The van der Waals surface area contributed by atoms with Crippen LogP contribution in [0, 0.1) is 23.6 Å². The summed E-state index contributed by atoms with van der Waals surface area (Å²) in [7, 11) is 0. The topological polar surface area (TPSA) is 47.8 Å². The molecule has 2 aromatic rings. The first-order chi connectivity index (χ1) is 11.9. The first-order valence-corrected chi connectivity index (χ1v) is 9.13. The summed E-state index contributed by atoms with van der Waals surface area (Å²) in [6.45, 7) is 6.81. The van der Waals surface area contributed by atoms with Gasteiger partial charge in [0.2, 0.25) is 0 Å². The molecule has 25 heavy (non-hydrogen) atoms. The molecule has 0 N–H and O–H groups in total. The second kappa shape index (κ2) is 7.46. The van der Waals surface area contributed by atoms with Crippen molar-refractivity contribution < 1.29 is 9.18 Å². The van der Waals surface area contributed by atoms with Crippen molar-refractivity contribution in [2.45, 2.75) is 52.5 Å². The van der Waals surface area contributed by atoms with E-state index in [1.165, 1.54) is 25.0 Å². The van der Waals surface area contributed by atoms with Gasteiger partial charge in [-0.15, -0.1) is 5.10 Å². The van der Waals surface area contributed by atoms with E-state index >= 15 is 0 Å². The van der Waals surface area contributed by atoms with Gasteiger partial charge in [0.25, 0.3) is 0 Å². The maximum atomic E-state index is 13.3. The second-order valence-corrected chi connectivity index (χ2v) is 7.69. The third kappa shape index (κ3) is 4.14. The Bertz CT molecular complexity index is 740. The lowest BCUT2D eigenvalue weighted by atomic mass is 9.74. The van der Waals surface area contributed by atoms with Gasteiger partial charge < -0.3 is 0 Å². The molecule has 1 heterocycles. The van der Waals surface area contributed by atoms with Crippen LogP contribution in [0.3, 0.4) is 0 Å². The molecule has 1 aliphatic carbocycles. The van der Waals surface area contributed by atoms with Crippen LogP contribution in [-0.4, -0.2) is 20.8 Å². The molecule has 1 fully saturated rings. The zero-order valence-corrected chi connectivity index (χ0v) is 15.2. The maximum Gasteiger partial charge on any atom is 0.169 e. The largest absolute Gasteiger partial charge is 0.294 e. The first kappa shape index (κ1) is 17.8. The van der Waals surface area contributed by atoms with Gasteiger partial charge in [-0.25, -0.2) is 9.07 Å². The molecule has 0 radical (unpaired) electrons. The highest BCUT2D eigenvalue weighted by Crippen LogP contribution is 2.40. The van der Waals surface area contributed by atoms with Crippen LogP contribution in [0.25, 0.3) is 0 Å². The number of aromatic nitrogens is 3. The summed E-state index contributed by atoms with van der Waals surface area (Å²) in [5.74, 6) is 1.33. The quantitative estimate of drug-likeness (QED) is 0.752. The van der Waals surface area contributed by atoms with Gasteiger partial charge in [0, 0.05) is 11.8 Å². The summed E-state index contributed by atoms with van der Waals surface area (Å²) < 4.78 is 15.2. The highest BCUT2D eigenvalue weighted by atomic mass is 19.1. The molecule has 0 aliphatic heterocycles. The minimum atomic E-state index is -0.398. The molecule has 0 spiro atoms. The Labute approximate surface area is 148 Å². The van der Waals surface area contributed by atoms with Crippen LogP contribution in [0.15, 0.2) is 30.5 Å². The van der Waals surface area contributed by atoms with E-state index in [1.54, 1.807) is 12.1 Å². The van der Waals surface area contributed by atoms with Crippen molar-refractivity contribution in [3.8, 4) is 0 Å². The highest BCUT2D eigenvalue weighted by molar-refractivity contribution is 5.97. The van der Waals surface area contributed by atoms with E-state index in [0.717, 1.165) is 6.42 Å². The maximum absolute atomic E-state index is 13.3. The van der Waals surface area contributed by atoms with Crippen LogP contribution in [0.4, 0.5) is 4.39 Å². The molecule has 4 nitrogen and oxygen atoms in total. The second-order valence-electron chi connectivity index (χ2n) is 7.69. The molecule has 0 unspecified atom stereocenters. The number of halogens is 1. The third-order valence-corrected chi connectivity index (χ3v) is 5.37. The van der Waals surface area contributed by atoms with E-state index in [-0.39, 0.29) is 12.2 Å². The minimum absolute atomic E-state index is 0.135. The van der Waals surface area contributed by atoms with E-state index in [1.807, 2.05) is 10.9 Å². The summed E-state index contributed by atoms with van der Waals surface area (Å²) in [5.41, 5.74) is 1.02. The van der Waals surface area contributed by atoms with Crippen molar-refractivity contribution in [3.63, 3.8) is 0 Å². The Kier molecular flexibility index (Phi) is 5.30. The van der Waals surface area contributed by atoms with Crippen LogP contribution in [-0.2, 0) is 6.42 Å². The lowest BCUT2D eigenvalue weighted by molar-refractivity contribution is 0.0991. The summed E-state index contributed by atoms with van der Waals surface area (Å²) in [4.78, 5) is 12.3. The van der Waals surface area contributed by atoms with Crippen LogP contribution in [0.5, 0.6) is 0 Å². The predicted molar refractivity (Wildman–Crippen MR) is 94.8 cm³/mol. The number of carbonyl (C=O) groups is 1. The molecule has 0 bridgehead atoms. The summed E-state index contributed by atoms with van der Waals surface area (Å²) in [5, 5.41) is 8.51. The van der Waals surface area contributed by atoms with E-state index in [9.17, 15) is 9.18 Å². The van der Waals surface area contributed by atoms with E-state index in [4.69, 9.17) is 0 Å². The molecule has 1 aliphatic rings. The number of hydrogen-bond donors (Lipinski definition) is 0. The van der Waals surface area contributed by atoms with Crippen molar-refractivity contribution in [1.29, 1.82) is 0 Å². The van der Waals surface area contributed by atoms with Gasteiger partial charge >= 0.3 is 0 Å². The van der Waals surface area contributed by atoms with Gasteiger partial charge in [0.1, 0.15) is 5.82 Å². The van der Waals surface area contributed by atoms with Gasteiger partial charge in [-0.3, -0.25) is 4.79 Å². The molecule has 1 aromatic carbocycles. The number of ketones is 1. The smallest absolute Gasteiger partial charge is 0.169 e. The highest BCUT2D eigenvalue weighted by Gasteiger charge is 2.32. The molecular formula is C20H26FN3O. The average molecular weight is 343 g/mol. The van der Waals surface area contributed by atoms with Gasteiger partial charge in [-0.2, -0.15) is 0 Å². The Morgan fingerprint density at radius 3 is 2.88 bits per heavy atom. The molecular weight excluding hydrogens is 317 g/mol. The van der Waals surface area contributed by atoms with Gasteiger partial charge in [-0.1, -0.05) is 44.5 Å². The first-order valence-electron chi connectivity index (χ1n) is 9.13. The molecule has 1 aromatic heterocycles. The van der Waals surface area contributed by atoms with Crippen LogP contribution in [0.2, 0.25) is 0 Å². The summed E-state index contributed by atoms with van der Waals surface area (Å²) >= 11 is 0. The Morgan fingerprint density at radius 2 is 2.16 bits per heavy atom. The number of hydrogen-bond acceptors (Lipinski definition) is 3. The molecule has 5 heteroatoms. The number of benzene rings is 1. The van der Waals surface area contributed by atoms with E-state index in [2.05, 4.69) is 31.1 Å². The van der Waals surface area contributed by atoms with E-state index < -0.39 is 5.82 Å². The minimum Gasteiger partial charge on any atom is -0.294 e. The fourth-order valence-corrected chi connectivity index (χ4v) is 3.94. The van der Waals surface area contributed by atoms with Gasteiger partial charge in [0.15, 0.2) is 5.78 Å². The monoisotopic (exact) mass is 343 g/mol. The van der Waals surface area contributed by atoms with E-state index in [0.29, 0.717) is 35.1 Å². The standard InChI is InChI=1S/C20H26FN3O/c1-13(2)18-8-7-14(3)9-19(18)24-12-17(22-23-24)11-20(25)15-5-4-6-16(21)10-15/h4-6,10,12-14,18-19H,7-9,11H2,1-3H3/t14-,18+,19-/m1/s1. The van der Waals surface area contributed by atoms with Crippen molar-refractivity contribution in [1.82, 2.24) is 15.0 Å². The summed E-state index contributed by atoms with van der Waals surface area (Å²) in [6, 6.07) is 6.13. The third-order valence-electron chi connectivity index (χ3n) is 5.37. The normalized spacial score (nSPS) is 23.8. The zero-order chi connectivity index (χ0) is 18.0. The predicted octanol–water partition coefficient (Wildman–Crippen LogP) is 4.48. The van der Waals surface area contributed by atoms with Crippen molar-refractivity contribution in [3.05, 3.63) is 47.5 Å². The molecule has 3 atom stereocenters. The summed E-state index contributed by atoms with van der Waals surface area (Å²) in [6.07, 6.45) is 5.62. The van der Waals surface area contributed by atoms with Crippen LogP contribution >= 0.6 is 0 Å². The molecule has 0 saturated heterocycles. The fraction of sp³-hybridized carbons (Fsp3) is 0.550. The molecule has 3 rings (SSSR count). The van der Waals surface area contributed by atoms with Crippen molar-refractivity contribution in [2.75, 3.05) is 0 Å². The molecule has 1 saturated carbocycles.